The highest BCUT2D eigenvalue weighted by Gasteiger charge is 2.42. The van der Waals surface area contributed by atoms with Crippen LogP contribution >= 0.6 is 23.5 Å². The smallest absolute Gasteiger partial charge is 0.490 e. The summed E-state index contributed by atoms with van der Waals surface area (Å²) in [5, 5.41) is 25.3. The standard InChI is InChI=1S/C60H69N12O20P3/c1-2-40(30-89-94(81,82)92-95(83,84)91-93(78,79)80)88-34-72-29-39(50-56(61)66-33-67-57(50)72)28-65-48(73)31-85-22-23-86-49(68-69-62)32-87-41-11-3-8-37(24-41)58(74)63-16-17-64-59(75)38-14-15-42(60(76)77)45(27-38)51-46-25-35-9-4-18-70-20-6-12-43(52(35)70)54(46)90-55-44-13-7-21-71-19-5-10-36(53(44)71)26-47(51)55/h3,8,11,14-15,24-27,29,33,40,49H,2,4-7,9-10,12-13,16-23,28,30-32,34H2,1H3,(H9-,61,63,64,65,66,67,73,74,75,76,77,78,79,80,81,82,83,84)/p+1/t40-,49?/m0/s1. The number of carboxylic acid groups (broad SMARTS) is 1. The largest absolute Gasteiger partial charge is 0.491 e. The van der Waals surface area contributed by atoms with Gasteiger partial charge in [0, 0.05) is 107 Å². The number of carbonyl (C=O) groups excluding carboxylic acids is 3. The Morgan fingerprint density at radius 3 is 2.31 bits per heavy atom. The Morgan fingerprint density at radius 1 is 0.821 bits per heavy atom. The molecular formula is C60H70N12O20P3+. The fraction of sp³-hybridized carbons (Fsp3) is 0.417. The number of amides is 3. The molecule has 0 saturated heterocycles. The lowest BCUT2D eigenvalue weighted by atomic mass is 9.81. The number of nitrogens with two attached hydrogens (primary N) is 1. The lowest BCUT2D eigenvalue weighted by molar-refractivity contribution is -0.126. The normalized spacial score (nSPS) is 16.5. The molecule has 0 bridgehead atoms. The SMILES string of the molecule is CC[C@@H](COP(=O)(O)OP(=O)(O)OP(=O)(O)O)OCn1cc(CNC(=O)COCCOC(COc2cccc(C(=O)NCCNC(=O)c3ccc(C(=O)O)c(C4=c5cc6c7c(c5Oc5c4cc4c8c5CCCN8CCC4)CCC[N+]=7CCC6)c3)c2)N=[N+]=[N-])c2c(N)ncnc21. The van der Waals surface area contributed by atoms with Gasteiger partial charge >= 0.3 is 29.4 Å². The molecule has 0 fully saturated rings. The van der Waals surface area contributed by atoms with Crippen LogP contribution in [0.4, 0.5) is 11.5 Å². The molecule has 3 amide bonds. The van der Waals surface area contributed by atoms with Crippen LogP contribution in [0, 0.1) is 0 Å². The van der Waals surface area contributed by atoms with E-state index in [1.165, 1.54) is 51.3 Å². The monoisotopic (exact) mass is 1370 g/mol. The lowest BCUT2D eigenvalue weighted by Gasteiger charge is -2.39. The van der Waals surface area contributed by atoms with Gasteiger partial charge in [0.25, 0.3) is 11.8 Å². The van der Waals surface area contributed by atoms with Gasteiger partial charge in [-0.2, -0.15) is 8.62 Å². The maximum absolute atomic E-state index is 14.1. The van der Waals surface area contributed by atoms with Crippen LogP contribution in [0.1, 0.15) is 109 Å². The molecule has 0 radical (unpaired) electrons. The van der Waals surface area contributed by atoms with Crippen molar-refractivity contribution in [1.82, 2.24) is 35.1 Å². The number of azide groups is 1. The van der Waals surface area contributed by atoms with Crippen LogP contribution in [0.25, 0.3) is 27.0 Å². The van der Waals surface area contributed by atoms with Gasteiger partial charge in [-0.25, -0.2) is 33.0 Å². The van der Waals surface area contributed by atoms with Crippen LogP contribution in [0.5, 0.6) is 17.2 Å². The highest BCUT2D eigenvalue weighted by atomic mass is 31.3. The number of hydrogen-bond acceptors (Lipinski definition) is 20. The van der Waals surface area contributed by atoms with Gasteiger partial charge in [-0.05, 0) is 110 Å². The van der Waals surface area contributed by atoms with E-state index in [-0.39, 0.29) is 86.5 Å². The molecule has 504 valence electrons. The highest BCUT2D eigenvalue weighted by molar-refractivity contribution is 7.66. The average Bonchev–Trinajstić information content (AvgIpc) is 1.23. The van der Waals surface area contributed by atoms with Crippen LogP contribution in [0.2, 0.25) is 0 Å². The Balaban J connectivity index is 0.653. The highest BCUT2D eigenvalue weighted by Crippen LogP contribution is 2.66. The number of fused-ring (bicyclic) bond motifs is 5. The fourth-order valence-corrected chi connectivity index (χ4v) is 15.6. The number of nitrogen functional groups attached to an aromatic ring is 1. The zero-order chi connectivity index (χ0) is 67.2. The topological polar surface area (TPSA) is 442 Å². The van der Waals surface area contributed by atoms with Crippen LogP contribution in [-0.4, -0.2) is 148 Å². The zero-order valence-electron chi connectivity index (χ0n) is 51.4. The first-order chi connectivity index (χ1) is 45.6. The Kier molecular flexibility index (Phi) is 21.2. The summed E-state index contributed by atoms with van der Waals surface area (Å²) in [6.07, 6.45) is 8.25. The van der Waals surface area contributed by atoms with Crippen LogP contribution in [0.15, 0.2) is 72.2 Å². The third kappa shape index (κ3) is 16.1. The van der Waals surface area contributed by atoms with Gasteiger partial charge in [-0.15, -0.1) is 0 Å². The first kappa shape index (κ1) is 68.2. The number of nitrogens with zero attached hydrogens (tertiary/aromatic N) is 8. The molecule has 5 aliphatic heterocycles. The van der Waals surface area contributed by atoms with E-state index < -0.39 is 72.7 Å². The third-order valence-electron chi connectivity index (χ3n) is 16.6. The van der Waals surface area contributed by atoms with Crippen molar-refractivity contribution < 1.29 is 94.4 Å². The number of hydrogen-bond donors (Lipinski definition) is 9. The lowest BCUT2D eigenvalue weighted by Crippen LogP contribution is -2.45. The molecule has 11 rings (SSSR count). The van der Waals surface area contributed by atoms with Gasteiger partial charge in [0.05, 0.1) is 42.4 Å². The average molecular weight is 1370 g/mol. The molecule has 5 aliphatic rings. The van der Waals surface area contributed by atoms with E-state index in [9.17, 15) is 53.3 Å². The number of rotatable bonds is 30. The summed E-state index contributed by atoms with van der Waals surface area (Å²) >= 11 is 0. The molecule has 32 nitrogen and oxygen atoms in total. The number of carboxylic acids is 1. The minimum Gasteiger partial charge on any atom is -0.491 e. The van der Waals surface area contributed by atoms with Gasteiger partial charge in [-0.3, -0.25) is 18.9 Å². The molecule has 10 N–H and O–H groups in total. The van der Waals surface area contributed by atoms with E-state index in [1.54, 1.807) is 37.4 Å². The van der Waals surface area contributed by atoms with Gasteiger partial charge in [-0.1, -0.05) is 18.1 Å². The van der Waals surface area contributed by atoms with Gasteiger partial charge in [0.1, 0.15) is 68.1 Å². The Morgan fingerprint density at radius 2 is 1.56 bits per heavy atom. The molecule has 0 spiro atoms. The summed E-state index contributed by atoms with van der Waals surface area (Å²) < 4.78 is 80.9. The molecule has 6 aromatic rings. The van der Waals surface area contributed by atoms with Crippen LogP contribution in [0.3, 0.4) is 0 Å². The number of aryl methyl sites for hydroxylation is 2. The Bertz CT molecular complexity index is 4340. The summed E-state index contributed by atoms with van der Waals surface area (Å²) in [5.41, 5.74) is 24.7. The quantitative estimate of drug-likeness (QED) is 0.00731. The van der Waals surface area contributed by atoms with Crippen molar-refractivity contribution in [3.8, 4) is 17.2 Å². The maximum Gasteiger partial charge on any atom is 0.490 e. The van der Waals surface area contributed by atoms with E-state index in [2.05, 4.69) is 66.2 Å². The molecule has 35 heteroatoms. The predicted octanol–water partition coefficient (Wildman–Crippen LogP) is 4.77. The zero-order valence-corrected chi connectivity index (χ0v) is 54.1. The van der Waals surface area contributed by atoms with Crippen molar-refractivity contribution in [3.63, 3.8) is 0 Å². The predicted molar refractivity (Wildman–Crippen MR) is 339 cm³/mol. The van der Waals surface area contributed by atoms with Gasteiger partial charge in [0.2, 0.25) is 11.3 Å². The van der Waals surface area contributed by atoms with Gasteiger partial charge < -0.3 is 79.5 Å². The van der Waals surface area contributed by atoms with E-state index >= 15 is 0 Å². The molecule has 4 atom stereocenters. The van der Waals surface area contributed by atoms with E-state index in [0.29, 0.717) is 16.5 Å². The number of benzene rings is 4. The van der Waals surface area contributed by atoms with Crippen LogP contribution in [-0.2, 0) is 84.8 Å². The van der Waals surface area contributed by atoms with Crippen molar-refractivity contribution in [2.45, 2.75) is 90.3 Å². The number of aromatic carboxylic acids is 1. The minimum atomic E-state index is -5.73. The number of nitrogens with one attached hydrogen (secondary N) is 3. The molecular weight excluding hydrogens is 1300 g/mol. The first-order valence-corrected chi connectivity index (χ1v) is 35.2. The second kappa shape index (κ2) is 29.5. The molecule has 3 unspecified atom stereocenters. The molecule has 2 aromatic heterocycles. The second-order valence-corrected chi connectivity index (χ2v) is 27.3. The maximum atomic E-state index is 14.1. The third-order valence-corrected chi connectivity index (χ3v) is 20.4. The Labute approximate surface area is 542 Å². The number of phosphoric acid groups is 3. The molecule has 95 heavy (non-hydrogen) atoms. The van der Waals surface area contributed by atoms with Crippen molar-refractivity contribution in [2.24, 2.45) is 5.11 Å². The second-order valence-electron chi connectivity index (χ2n) is 22.9. The van der Waals surface area contributed by atoms with E-state index in [1.807, 2.05) is 0 Å². The summed E-state index contributed by atoms with van der Waals surface area (Å²) in [6.45, 7) is 3.65. The molecule has 0 saturated carbocycles. The molecule has 4 aromatic carbocycles. The van der Waals surface area contributed by atoms with Crippen molar-refractivity contribution in [3.05, 3.63) is 144 Å². The van der Waals surface area contributed by atoms with Crippen molar-refractivity contribution >= 4 is 75.3 Å². The minimum absolute atomic E-state index is 0.0378. The van der Waals surface area contributed by atoms with Crippen molar-refractivity contribution in [1.29, 1.82) is 0 Å². The summed E-state index contributed by atoms with van der Waals surface area (Å²) in [4.78, 5) is 104. The number of anilines is 2. The fourth-order valence-electron chi connectivity index (χ4n) is 12.6. The number of phosphoric ester groups is 1. The van der Waals surface area contributed by atoms with Crippen LogP contribution < -0.4 is 51.2 Å². The number of aromatic nitrogens is 3. The number of carbonyl (C=O) groups is 4. The van der Waals surface area contributed by atoms with E-state index in [4.69, 9.17) is 43.7 Å². The molecule has 7 heterocycles. The van der Waals surface area contributed by atoms with Gasteiger partial charge in [0.15, 0.2) is 6.23 Å². The van der Waals surface area contributed by atoms with Crippen molar-refractivity contribution in [2.75, 3.05) is 82.9 Å². The summed E-state index contributed by atoms with van der Waals surface area (Å²) in [7, 11) is -16.7. The summed E-state index contributed by atoms with van der Waals surface area (Å²) in [5.74, 6) is -0.739. The number of ether oxygens (including phenoxy) is 5. The Hall–Kier alpha value is -8.15. The first-order valence-electron chi connectivity index (χ1n) is 30.7. The molecule has 0 aliphatic carbocycles. The van der Waals surface area contributed by atoms with E-state index in [0.717, 1.165) is 117 Å². The summed E-state index contributed by atoms with van der Waals surface area (Å²) in [6, 6.07) is 15.3.